The van der Waals surface area contributed by atoms with Crippen molar-refractivity contribution in [2.75, 3.05) is 5.32 Å². The second-order valence-corrected chi connectivity index (χ2v) is 3.74. The maximum atomic E-state index is 11.6. The van der Waals surface area contributed by atoms with Crippen molar-refractivity contribution >= 4 is 11.6 Å². The number of nitrogens with zero attached hydrogens (tertiary/aromatic N) is 3. The van der Waals surface area contributed by atoms with E-state index in [1.54, 1.807) is 23.3 Å². The smallest absolute Gasteiger partial charge is 0.258 e. The van der Waals surface area contributed by atoms with Crippen molar-refractivity contribution in [1.82, 2.24) is 20.0 Å². The van der Waals surface area contributed by atoms with Gasteiger partial charge in [0.15, 0.2) is 0 Å². The van der Waals surface area contributed by atoms with Crippen LogP contribution in [-0.4, -0.2) is 25.9 Å². The Kier molecular flexibility index (Phi) is 2.72. The van der Waals surface area contributed by atoms with Gasteiger partial charge in [0.2, 0.25) is 0 Å². The minimum Gasteiger partial charge on any atom is -0.319 e. The van der Waals surface area contributed by atoms with Crippen molar-refractivity contribution in [2.45, 2.75) is 19.9 Å². The molecule has 0 bridgehead atoms. The molecular formula is C10H13N5O. The van der Waals surface area contributed by atoms with Gasteiger partial charge >= 0.3 is 0 Å². The summed E-state index contributed by atoms with van der Waals surface area (Å²) in [6, 6.07) is 0.277. The highest BCUT2D eigenvalue weighted by Crippen LogP contribution is 2.10. The zero-order valence-corrected chi connectivity index (χ0v) is 9.14. The number of carbonyl (C=O) groups is 1. The summed E-state index contributed by atoms with van der Waals surface area (Å²) in [5.74, 6) is -0.197. The standard InChI is InChI=1S/C10H13N5O/c1-7(2)15-6-9(5-13-15)14-10(16)8-3-11-12-4-8/h3-7H,1-2H3,(H,11,12)(H,14,16). The van der Waals surface area contributed by atoms with Gasteiger partial charge in [-0.1, -0.05) is 0 Å². The van der Waals surface area contributed by atoms with Gasteiger partial charge in [-0.05, 0) is 13.8 Å². The van der Waals surface area contributed by atoms with Crippen molar-refractivity contribution in [2.24, 2.45) is 0 Å². The number of carbonyl (C=O) groups excluding carboxylic acids is 1. The van der Waals surface area contributed by atoms with Crippen LogP contribution in [0.15, 0.2) is 24.8 Å². The van der Waals surface area contributed by atoms with Gasteiger partial charge in [-0.3, -0.25) is 14.6 Å². The Morgan fingerprint density at radius 2 is 2.31 bits per heavy atom. The van der Waals surface area contributed by atoms with E-state index in [0.717, 1.165) is 0 Å². The van der Waals surface area contributed by atoms with Crippen molar-refractivity contribution < 1.29 is 4.79 Å². The SMILES string of the molecule is CC(C)n1cc(NC(=O)c2cn[nH]c2)cn1. The number of H-pyrrole nitrogens is 1. The Bertz CT molecular complexity index is 471. The molecule has 2 aromatic heterocycles. The van der Waals surface area contributed by atoms with Crippen LogP contribution < -0.4 is 5.32 Å². The van der Waals surface area contributed by atoms with E-state index in [1.807, 2.05) is 13.8 Å². The third-order valence-corrected chi connectivity index (χ3v) is 2.15. The van der Waals surface area contributed by atoms with Crippen LogP contribution in [0.1, 0.15) is 30.2 Å². The Morgan fingerprint density at radius 1 is 1.50 bits per heavy atom. The minimum absolute atomic E-state index is 0.197. The second kappa shape index (κ2) is 4.18. The molecule has 0 aliphatic carbocycles. The van der Waals surface area contributed by atoms with Gasteiger partial charge in [0.1, 0.15) is 0 Å². The maximum absolute atomic E-state index is 11.6. The number of aromatic nitrogens is 4. The molecule has 0 saturated carbocycles. The fourth-order valence-corrected chi connectivity index (χ4v) is 1.26. The highest BCUT2D eigenvalue weighted by atomic mass is 16.1. The van der Waals surface area contributed by atoms with Crippen LogP contribution >= 0.6 is 0 Å². The van der Waals surface area contributed by atoms with E-state index >= 15 is 0 Å². The van der Waals surface area contributed by atoms with Crippen molar-refractivity contribution in [3.05, 3.63) is 30.4 Å². The predicted octanol–water partition coefficient (Wildman–Crippen LogP) is 1.44. The third kappa shape index (κ3) is 2.10. The van der Waals surface area contributed by atoms with Crippen LogP contribution in [0.2, 0.25) is 0 Å². The van der Waals surface area contributed by atoms with E-state index < -0.39 is 0 Å². The number of nitrogens with one attached hydrogen (secondary N) is 2. The Labute approximate surface area is 92.7 Å². The molecule has 6 heteroatoms. The zero-order valence-electron chi connectivity index (χ0n) is 9.14. The Morgan fingerprint density at radius 3 is 2.88 bits per heavy atom. The summed E-state index contributed by atoms with van der Waals surface area (Å²) in [4.78, 5) is 11.6. The van der Waals surface area contributed by atoms with Crippen LogP contribution in [-0.2, 0) is 0 Å². The highest BCUT2D eigenvalue weighted by molar-refractivity contribution is 6.03. The molecule has 2 rings (SSSR count). The number of hydrogen-bond donors (Lipinski definition) is 2. The molecule has 0 spiro atoms. The molecule has 16 heavy (non-hydrogen) atoms. The summed E-state index contributed by atoms with van der Waals surface area (Å²) in [6.45, 7) is 4.04. The van der Waals surface area contributed by atoms with Crippen molar-refractivity contribution in [1.29, 1.82) is 0 Å². The summed E-state index contributed by atoms with van der Waals surface area (Å²) in [6.07, 6.45) is 6.44. The molecule has 6 nitrogen and oxygen atoms in total. The van der Waals surface area contributed by atoms with E-state index in [4.69, 9.17) is 0 Å². The van der Waals surface area contributed by atoms with E-state index in [0.29, 0.717) is 11.3 Å². The molecule has 0 saturated heterocycles. The van der Waals surface area contributed by atoms with Gasteiger partial charge in [-0.25, -0.2) is 0 Å². The highest BCUT2D eigenvalue weighted by Gasteiger charge is 2.08. The zero-order chi connectivity index (χ0) is 11.5. The third-order valence-electron chi connectivity index (χ3n) is 2.15. The lowest BCUT2D eigenvalue weighted by atomic mass is 10.3. The average Bonchev–Trinajstić information content (AvgIpc) is 2.87. The van der Waals surface area contributed by atoms with Crippen LogP contribution in [0.5, 0.6) is 0 Å². The number of anilines is 1. The topological polar surface area (TPSA) is 75.6 Å². The Hall–Kier alpha value is -2.11. The van der Waals surface area contributed by atoms with Crippen LogP contribution in [0.4, 0.5) is 5.69 Å². The molecule has 0 aliphatic heterocycles. The summed E-state index contributed by atoms with van der Waals surface area (Å²) >= 11 is 0. The van der Waals surface area contributed by atoms with Gasteiger partial charge in [-0.2, -0.15) is 10.2 Å². The first kappa shape index (κ1) is 10.4. The number of amides is 1. The average molecular weight is 219 g/mol. The summed E-state index contributed by atoms with van der Waals surface area (Å²) < 4.78 is 1.78. The molecule has 0 fully saturated rings. The van der Waals surface area contributed by atoms with Crippen molar-refractivity contribution in [3.8, 4) is 0 Å². The number of rotatable bonds is 3. The van der Waals surface area contributed by atoms with Gasteiger partial charge in [0.05, 0.1) is 23.6 Å². The summed E-state index contributed by atoms with van der Waals surface area (Å²) in [5.41, 5.74) is 1.18. The fourth-order valence-electron chi connectivity index (χ4n) is 1.26. The monoisotopic (exact) mass is 219 g/mol. The van der Waals surface area contributed by atoms with Crippen molar-refractivity contribution in [3.63, 3.8) is 0 Å². The van der Waals surface area contributed by atoms with Crippen LogP contribution in [0.3, 0.4) is 0 Å². The molecule has 2 N–H and O–H groups in total. The molecule has 0 unspecified atom stereocenters. The first-order chi connectivity index (χ1) is 7.66. The number of aromatic amines is 1. The molecule has 0 aromatic carbocycles. The largest absolute Gasteiger partial charge is 0.319 e. The van der Waals surface area contributed by atoms with Gasteiger partial charge in [0, 0.05) is 18.4 Å². The number of hydrogen-bond acceptors (Lipinski definition) is 3. The minimum atomic E-state index is -0.197. The van der Waals surface area contributed by atoms with Crippen LogP contribution in [0.25, 0.3) is 0 Å². The summed E-state index contributed by atoms with van der Waals surface area (Å²) in [5, 5.41) is 13.2. The molecule has 0 aliphatic rings. The molecular weight excluding hydrogens is 206 g/mol. The van der Waals surface area contributed by atoms with E-state index in [2.05, 4.69) is 20.6 Å². The van der Waals surface area contributed by atoms with Crippen LogP contribution in [0, 0.1) is 0 Å². The Balaban J connectivity index is 2.07. The normalized spacial score (nSPS) is 10.7. The lowest BCUT2D eigenvalue weighted by Gasteiger charge is -2.03. The lowest BCUT2D eigenvalue weighted by Crippen LogP contribution is -2.10. The predicted molar refractivity (Wildman–Crippen MR) is 59.2 cm³/mol. The quantitative estimate of drug-likeness (QED) is 0.820. The molecule has 2 heterocycles. The van der Waals surface area contributed by atoms with Gasteiger partial charge in [0.25, 0.3) is 5.91 Å². The first-order valence-corrected chi connectivity index (χ1v) is 5.01. The molecule has 2 aromatic rings. The molecule has 1 amide bonds. The summed E-state index contributed by atoms with van der Waals surface area (Å²) in [7, 11) is 0. The van der Waals surface area contributed by atoms with Gasteiger partial charge < -0.3 is 5.32 Å². The maximum Gasteiger partial charge on any atom is 0.258 e. The fraction of sp³-hybridized carbons (Fsp3) is 0.300. The molecule has 0 radical (unpaired) electrons. The van der Waals surface area contributed by atoms with E-state index in [-0.39, 0.29) is 11.9 Å². The lowest BCUT2D eigenvalue weighted by molar-refractivity contribution is 0.102. The second-order valence-electron chi connectivity index (χ2n) is 3.74. The molecule has 84 valence electrons. The van der Waals surface area contributed by atoms with E-state index in [9.17, 15) is 4.79 Å². The molecule has 0 atom stereocenters. The first-order valence-electron chi connectivity index (χ1n) is 5.01. The van der Waals surface area contributed by atoms with Gasteiger partial charge in [-0.15, -0.1) is 0 Å². The van der Waals surface area contributed by atoms with E-state index in [1.165, 1.54) is 6.20 Å².